The number of alkyl halides is 2. The molecule has 4 heteroatoms. The molecular weight excluding hydrogens is 204 g/mol. The second-order valence-corrected chi connectivity index (χ2v) is 4.16. The highest BCUT2D eigenvalue weighted by Gasteiger charge is 2.05. The van der Waals surface area contributed by atoms with Crippen LogP contribution in [0.1, 0.15) is 25.8 Å². The van der Waals surface area contributed by atoms with E-state index in [1.165, 1.54) is 24.1 Å². The minimum atomic E-state index is -2.38. The maximum Gasteiger partial charge on any atom is 0.263 e. The molecule has 1 rings (SSSR count). The van der Waals surface area contributed by atoms with Crippen LogP contribution in [-0.4, -0.2) is 6.04 Å². The summed E-state index contributed by atoms with van der Waals surface area (Å²) in [7, 11) is 0. The van der Waals surface area contributed by atoms with Crippen LogP contribution in [0.5, 0.6) is 0 Å². The lowest BCUT2D eigenvalue weighted by Crippen LogP contribution is -2.13. The van der Waals surface area contributed by atoms with Crippen LogP contribution in [0.3, 0.4) is 0 Å². The summed E-state index contributed by atoms with van der Waals surface area (Å²) in [6.45, 7) is 4.06. The zero-order chi connectivity index (χ0) is 10.6. The van der Waals surface area contributed by atoms with Gasteiger partial charge in [-0.1, -0.05) is 12.1 Å². The topological polar surface area (TPSA) is 12.0 Å². The van der Waals surface area contributed by atoms with E-state index in [-0.39, 0.29) is 5.56 Å². The molecule has 0 aromatic heterocycles. The quantitative estimate of drug-likeness (QED) is 0.773. The highest BCUT2D eigenvalue weighted by Crippen LogP contribution is 2.22. The molecule has 0 unspecified atom stereocenters. The summed E-state index contributed by atoms with van der Waals surface area (Å²) in [5.41, 5.74) is 0.0684. The van der Waals surface area contributed by atoms with Crippen molar-refractivity contribution in [2.45, 2.75) is 31.2 Å². The van der Waals surface area contributed by atoms with Gasteiger partial charge in [0.15, 0.2) is 0 Å². The standard InChI is InChI=1S/C10H13F2NS/c1-7(2)13-14-9-5-3-8(4-6-9)10(11)12/h3-7,10,13H,1-2H3. The third kappa shape index (κ3) is 3.64. The Balaban J connectivity index is 2.55. The minimum Gasteiger partial charge on any atom is -0.257 e. The summed E-state index contributed by atoms with van der Waals surface area (Å²) in [5.74, 6) is 0. The predicted molar refractivity (Wildman–Crippen MR) is 55.5 cm³/mol. The number of halogens is 2. The Labute approximate surface area is 87.0 Å². The average Bonchev–Trinajstić information content (AvgIpc) is 2.15. The predicted octanol–water partition coefficient (Wildman–Crippen LogP) is 3.63. The van der Waals surface area contributed by atoms with E-state index < -0.39 is 6.43 Å². The van der Waals surface area contributed by atoms with E-state index in [1.54, 1.807) is 12.1 Å². The highest BCUT2D eigenvalue weighted by atomic mass is 32.2. The summed E-state index contributed by atoms with van der Waals surface area (Å²) >= 11 is 1.45. The van der Waals surface area contributed by atoms with Crippen LogP contribution in [-0.2, 0) is 0 Å². The van der Waals surface area contributed by atoms with Gasteiger partial charge in [-0.2, -0.15) is 0 Å². The average molecular weight is 217 g/mol. The maximum absolute atomic E-state index is 12.2. The molecule has 0 aliphatic rings. The molecule has 0 aliphatic heterocycles. The number of hydrogen-bond acceptors (Lipinski definition) is 2. The summed E-state index contributed by atoms with van der Waals surface area (Å²) in [5, 5.41) is 0. The molecule has 1 aromatic rings. The van der Waals surface area contributed by atoms with Crippen molar-refractivity contribution in [3.63, 3.8) is 0 Å². The van der Waals surface area contributed by atoms with Crippen molar-refractivity contribution < 1.29 is 8.78 Å². The lowest BCUT2D eigenvalue weighted by Gasteiger charge is -2.07. The van der Waals surface area contributed by atoms with Gasteiger partial charge in [0, 0.05) is 16.5 Å². The molecule has 0 aliphatic carbocycles. The van der Waals surface area contributed by atoms with E-state index in [1.807, 2.05) is 13.8 Å². The van der Waals surface area contributed by atoms with Gasteiger partial charge in [-0.3, -0.25) is 4.72 Å². The van der Waals surface area contributed by atoms with E-state index >= 15 is 0 Å². The van der Waals surface area contributed by atoms with Crippen molar-refractivity contribution in [3.05, 3.63) is 29.8 Å². The number of benzene rings is 1. The molecule has 0 saturated heterocycles. The second kappa shape index (κ2) is 5.32. The highest BCUT2D eigenvalue weighted by molar-refractivity contribution is 7.97. The molecule has 1 N–H and O–H groups in total. The molecule has 0 spiro atoms. The van der Waals surface area contributed by atoms with Gasteiger partial charge in [0.25, 0.3) is 6.43 Å². The van der Waals surface area contributed by atoms with E-state index in [0.717, 1.165) is 4.90 Å². The molecule has 0 bridgehead atoms. The Kier molecular flexibility index (Phi) is 4.35. The van der Waals surface area contributed by atoms with Crippen molar-refractivity contribution in [1.82, 2.24) is 4.72 Å². The molecule has 0 amide bonds. The minimum absolute atomic E-state index is 0.0684. The molecule has 0 heterocycles. The van der Waals surface area contributed by atoms with Crippen LogP contribution in [0.4, 0.5) is 8.78 Å². The van der Waals surface area contributed by atoms with Crippen molar-refractivity contribution >= 4 is 11.9 Å². The van der Waals surface area contributed by atoms with Gasteiger partial charge >= 0.3 is 0 Å². The Morgan fingerprint density at radius 2 is 1.71 bits per heavy atom. The van der Waals surface area contributed by atoms with E-state index in [9.17, 15) is 8.78 Å². The molecule has 14 heavy (non-hydrogen) atoms. The van der Waals surface area contributed by atoms with E-state index in [0.29, 0.717) is 6.04 Å². The molecule has 0 radical (unpaired) electrons. The zero-order valence-corrected chi connectivity index (χ0v) is 8.94. The first-order valence-electron chi connectivity index (χ1n) is 4.40. The Morgan fingerprint density at radius 1 is 1.14 bits per heavy atom. The fourth-order valence-corrected chi connectivity index (χ4v) is 1.51. The van der Waals surface area contributed by atoms with Crippen LogP contribution in [0, 0.1) is 0 Å². The van der Waals surface area contributed by atoms with Crippen LogP contribution in [0.25, 0.3) is 0 Å². The van der Waals surface area contributed by atoms with Crippen LogP contribution in [0.2, 0.25) is 0 Å². The van der Waals surface area contributed by atoms with E-state index in [2.05, 4.69) is 4.72 Å². The third-order valence-corrected chi connectivity index (χ3v) is 2.64. The summed E-state index contributed by atoms with van der Waals surface area (Å²) in [6, 6.07) is 6.67. The first-order chi connectivity index (χ1) is 6.59. The summed E-state index contributed by atoms with van der Waals surface area (Å²) in [4.78, 5) is 0.947. The van der Waals surface area contributed by atoms with E-state index in [4.69, 9.17) is 0 Å². The lowest BCUT2D eigenvalue weighted by atomic mass is 10.2. The van der Waals surface area contributed by atoms with Crippen molar-refractivity contribution in [2.24, 2.45) is 0 Å². The fourth-order valence-electron chi connectivity index (χ4n) is 0.867. The largest absolute Gasteiger partial charge is 0.263 e. The van der Waals surface area contributed by atoms with Gasteiger partial charge in [0.1, 0.15) is 0 Å². The van der Waals surface area contributed by atoms with Gasteiger partial charge in [0.05, 0.1) is 0 Å². The number of hydrogen-bond donors (Lipinski definition) is 1. The monoisotopic (exact) mass is 217 g/mol. The van der Waals surface area contributed by atoms with Crippen LogP contribution in [0.15, 0.2) is 29.2 Å². The Bertz CT molecular complexity index is 272. The second-order valence-electron chi connectivity index (χ2n) is 3.24. The SMILES string of the molecule is CC(C)NSc1ccc(C(F)F)cc1. The van der Waals surface area contributed by atoms with Crippen molar-refractivity contribution in [2.75, 3.05) is 0 Å². The summed E-state index contributed by atoms with van der Waals surface area (Å²) < 4.78 is 27.5. The third-order valence-electron chi connectivity index (χ3n) is 1.54. The van der Waals surface area contributed by atoms with Gasteiger partial charge in [-0.05, 0) is 37.9 Å². The van der Waals surface area contributed by atoms with Gasteiger partial charge < -0.3 is 0 Å². The molecule has 1 nitrogen and oxygen atoms in total. The molecule has 0 fully saturated rings. The fraction of sp³-hybridized carbons (Fsp3) is 0.400. The van der Waals surface area contributed by atoms with Crippen LogP contribution < -0.4 is 4.72 Å². The smallest absolute Gasteiger partial charge is 0.257 e. The lowest BCUT2D eigenvalue weighted by molar-refractivity contribution is 0.151. The van der Waals surface area contributed by atoms with Crippen molar-refractivity contribution in [3.8, 4) is 0 Å². The maximum atomic E-state index is 12.2. The molecule has 1 aromatic carbocycles. The zero-order valence-electron chi connectivity index (χ0n) is 8.13. The molecular formula is C10H13F2NS. The summed E-state index contributed by atoms with van der Waals surface area (Å²) in [6.07, 6.45) is -2.38. The van der Waals surface area contributed by atoms with Gasteiger partial charge in [-0.15, -0.1) is 0 Å². The van der Waals surface area contributed by atoms with Crippen LogP contribution >= 0.6 is 11.9 Å². The Hall–Kier alpha value is -0.610. The Morgan fingerprint density at radius 3 is 2.14 bits per heavy atom. The number of nitrogens with one attached hydrogen (secondary N) is 1. The first kappa shape index (κ1) is 11.5. The molecule has 0 atom stereocenters. The first-order valence-corrected chi connectivity index (χ1v) is 5.21. The van der Waals surface area contributed by atoms with Gasteiger partial charge in [-0.25, -0.2) is 8.78 Å². The van der Waals surface area contributed by atoms with Crippen molar-refractivity contribution in [1.29, 1.82) is 0 Å². The van der Waals surface area contributed by atoms with Gasteiger partial charge in [0.2, 0.25) is 0 Å². The normalized spacial score (nSPS) is 11.3. The molecule has 0 saturated carbocycles. The molecule has 78 valence electrons. The number of rotatable bonds is 4.